The van der Waals surface area contributed by atoms with Crippen molar-refractivity contribution >= 4 is 11.8 Å². The zero-order valence-electron chi connectivity index (χ0n) is 8.04. The molecule has 0 aliphatic carbocycles. The quantitative estimate of drug-likeness (QED) is 0.790. The molecular weight excluding hydrogens is 188 g/mol. The Balaban J connectivity index is 2.29. The van der Waals surface area contributed by atoms with Crippen molar-refractivity contribution in [3.63, 3.8) is 0 Å². The summed E-state index contributed by atoms with van der Waals surface area (Å²) in [5.41, 5.74) is 7.90. The summed E-state index contributed by atoms with van der Waals surface area (Å²) in [6, 6.07) is 5.58. The van der Waals surface area contributed by atoms with Crippen LogP contribution >= 0.6 is 0 Å². The molecule has 4 heteroatoms. The molecule has 0 bridgehead atoms. The molecule has 0 spiro atoms. The number of hydrogen-bond donors (Lipinski definition) is 1. The molecule has 2 aromatic rings. The van der Waals surface area contributed by atoms with Gasteiger partial charge in [0.1, 0.15) is 0 Å². The Kier molecular flexibility index (Phi) is 2.69. The molecule has 15 heavy (non-hydrogen) atoms. The standard InChI is InChI=1S/C11H10N4/c12-10(11-3-1-2-4-15-11)7-9-8-13-5-6-14-9/h1-8H,12H2/b10-7+. The molecule has 0 amide bonds. The summed E-state index contributed by atoms with van der Waals surface area (Å²) in [6.45, 7) is 0. The molecule has 0 aromatic carbocycles. The molecule has 4 nitrogen and oxygen atoms in total. The van der Waals surface area contributed by atoms with Crippen molar-refractivity contribution in [1.82, 2.24) is 15.0 Å². The lowest BCUT2D eigenvalue weighted by Crippen LogP contribution is -1.98. The van der Waals surface area contributed by atoms with Gasteiger partial charge in [-0.1, -0.05) is 6.07 Å². The molecule has 0 aliphatic rings. The van der Waals surface area contributed by atoms with E-state index in [0.717, 1.165) is 11.4 Å². The molecule has 2 rings (SSSR count). The van der Waals surface area contributed by atoms with Crippen molar-refractivity contribution in [2.24, 2.45) is 5.73 Å². The second-order valence-electron chi connectivity index (χ2n) is 2.94. The van der Waals surface area contributed by atoms with Gasteiger partial charge in [0.05, 0.1) is 23.3 Å². The van der Waals surface area contributed by atoms with Crippen LogP contribution in [0, 0.1) is 0 Å². The van der Waals surface area contributed by atoms with Crippen molar-refractivity contribution in [1.29, 1.82) is 0 Å². The fraction of sp³-hybridized carbons (Fsp3) is 0. The van der Waals surface area contributed by atoms with Crippen molar-refractivity contribution in [3.05, 3.63) is 54.4 Å². The minimum Gasteiger partial charge on any atom is -0.397 e. The number of hydrogen-bond acceptors (Lipinski definition) is 4. The van der Waals surface area contributed by atoms with Crippen LogP contribution in [0.4, 0.5) is 0 Å². The van der Waals surface area contributed by atoms with Crippen LogP contribution < -0.4 is 5.73 Å². The van der Waals surface area contributed by atoms with Crippen LogP contribution in [0.15, 0.2) is 43.0 Å². The molecule has 2 aromatic heterocycles. The van der Waals surface area contributed by atoms with Gasteiger partial charge >= 0.3 is 0 Å². The molecule has 0 saturated carbocycles. The van der Waals surface area contributed by atoms with E-state index >= 15 is 0 Å². The summed E-state index contributed by atoms with van der Waals surface area (Å²) in [5, 5.41) is 0. The number of rotatable bonds is 2. The summed E-state index contributed by atoms with van der Waals surface area (Å²) in [7, 11) is 0. The first-order chi connectivity index (χ1) is 7.36. The maximum Gasteiger partial charge on any atom is 0.0859 e. The average molecular weight is 198 g/mol. The van der Waals surface area contributed by atoms with Gasteiger partial charge < -0.3 is 5.73 Å². The SMILES string of the molecule is N/C(=C/c1cnccn1)c1ccccn1. The van der Waals surface area contributed by atoms with Gasteiger partial charge in [-0.05, 0) is 18.2 Å². The Morgan fingerprint density at radius 2 is 2.07 bits per heavy atom. The zero-order chi connectivity index (χ0) is 10.5. The van der Waals surface area contributed by atoms with E-state index in [1.807, 2.05) is 18.2 Å². The minimum atomic E-state index is 0.580. The average Bonchev–Trinajstić information content (AvgIpc) is 2.31. The van der Waals surface area contributed by atoms with Gasteiger partial charge in [0, 0.05) is 18.6 Å². The molecule has 2 N–H and O–H groups in total. The number of nitrogens with zero attached hydrogens (tertiary/aromatic N) is 3. The van der Waals surface area contributed by atoms with Crippen LogP contribution in [0.3, 0.4) is 0 Å². The van der Waals surface area contributed by atoms with Gasteiger partial charge in [-0.15, -0.1) is 0 Å². The molecular formula is C11H10N4. The van der Waals surface area contributed by atoms with Crippen LogP contribution in [0.1, 0.15) is 11.4 Å². The smallest absolute Gasteiger partial charge is 0.0859 e. The first-order valence-electron chi connectivity index (χ1n) is 4.51. The largest absolute Gasteiger partial charge is 0.397 e. The third-order valence-electron chi connectivity index (χ3n) is 1.85. The highest BCUT2D eigenvalue weighted by molar-refractivity contribution is 5.76. The molecule has 0 unspecified atom stereocenters. The molecule has 0 atom stereocenters. The Bertz CT molecular complexity index is 451. The molecule has 0 radical (unpaired) electrons. The topological polar surface area (TPSA) is 64.7 Å². The number of pyridine rings is 1. The van der Waals surface area contributed by atoms with Crippen LogP contribution in [-0.2, 0) is 0 Å². The highest BCUT2D eigenvalue weighted by Gasteiger charge is 1.97. The van der Waals surface area contributed by atoms with E-state index in [4.69, 9.17) is 5.73 Å². The summed E-state index contributed by atoms with van der Waals surface area (Å²) in [6.07, 6.45) is 8.34. The highest BCUT2D eigenvalue weighted by Crippen LogP contribution is 2.07. The van der Waals surface area contributed by atoms with Gasteiger partial charge in [0.2, 0.25) is 0 Å². The second-order valence-corrected chi connectivity index (χ2v) is 2.94. The molecule has 0 fully saturated rings. The fourth-order valence-electron chi connectivity index (χ4n) is 1.15. The minimum absolute atomic E-state index is 0.580. The van der Waals surface area contributed by atoms with Gasteiger partial charge in [-0.2, -0.15) is 0 Å². The zero-order valence-corrected chi connectivity index (χ0v) is 8.04. The van der Waals surface area contributed by atoms with E-state index in [1.165, 1.54) is 0 Å². The maximum absolute atomic E-state index is 5.86. The first-order valence-corrected chi connectivity index (χ1v) is 4.51. The van der Waals surface area contributed by atoms with Gasteiger partial charge in [-0.25, -0.2) is 0 Å². The van der Waals surface area contributed by atoms with Gasteiger partial charge in [-0.3, -0.25) is 15.0 Å². The number of aromatic nitrogens is 3. The maximum atomic E-state index is 5.86. The lowest BCUT2D eigenvalue weighted by atomic mass is 10.2. The Morgan fingerprint density at radius 3 is 2.73 bits per heavy atom. The van der Waals surface area contributed by atoms with Crippen molar-refractivity contribution in [3.8, 4) is 0 Å². The lowest BCUT2D eigenvalue weighted by molar-refractivity contribution is 1.18. The third kappa shape index (κ3) is 2.37. The van der Waals surface area contributed by atoms with Crippen molar-refractivity contribution in [2.75, 3.05) is 0 Å². The van der Waals surface area contributed by atoms with Gasteiger partial charge in [0.15, 0.2) is 0 Å². The van der Waals surface area contributed by atoms with E-state index in [0.29, 0.717) is 5.70 Å². The number of nitrogens with two attached hydrogens (primary N) is 1. The van der Waals surface area contributed by atoms with E-state index in [-0.39, 0.29) is 0 Å². The third-order valence-corrected chi connectivity index (χ3v) is 1.85. The summed E-state index contributed by atoms with van der Waals surface area (Å²) in [5.74, 6) is 0. The van der Waals surface area contributed by atoms with Crippen molar-refractivity contribution < 1.29 is 0 Å². The van der Waals surface area contributed by atoms with Crippen LogP contribution in [0.2, 0.25) is 0 Å². The lowest BCUT2D eigenvalue weighted by Gasteiger charge is -1.99. The van der Waals surface area contributed by atoms with Gasteiger partial charge in [0.25, 0.3) is 0 Å². The summed E-state index contributed by atoms with van der Waals surface area (Å²) in [4.78, 5) is 12.2. The van der Waals surface area contributed by atoms with Crippen molar-refractivity contribution in [2.45, 2.75) is 0 Å². The normalized spacial score (nSPS) is 11.3. The predicted octanol–water partition coefficient (Wildman–Crippen LogP) is 1.33. The van der Waals surface area contributed by atoms with E-state index in [2.05, 4.69) is 15.0 Å². The summed E-state index contributed by atoms with van der Waals surface area (Å²) < 4.78 is 0. The Labute approximate surface area is 87.5 Å². The Morgan fingerprint density at radius 1 is 1.13 bits per heavy atom. The molecule has 74 valence electrons. The fourth-order valence-corrected chi connectivity index (χ4v) is 1.15. The molecule has 0 aliphatic heterocycles. The van der Waals surface area contributed by atoms with E-state index < -0.39 is 0 Å². The van der Waals surface area contributed by atoms with Crippen LogP contribution in [0.25, 0.3) is 11.8 Å². The second kappa shape index (κ2) is 4.32. The summed E-state index contributed by atoms with van der Waals surface area (Å²) >= 11 is 0. The van der Waals surface area contributed by atoms with E-state index in [9.17, 15) is 0 Å². The molecule has 2 heterocycles. The van der Waals surface area contributed by atoms with Crippen LogP contribution in [0.5, 0.6) is 0 Å². The van der Waals surface area contributed by atoms with Crippen LogP contribution in [-0.4, -0.2) is 15.0 Å². The predicted molar refractivity (Wildman–Crippen MR) is 58.3 cm³/mol. The monoisotopic (exact) mass is 198 g/mol. The first kappa shape index (κ1) is 9.33. The highest BCUT2D eigenvalue weighted by atomic mass is 14.8. The molecule has 0 saturated heterocycles. The Hall–Kier alpha value is -2.23. The van der Waals surface area contributed by atoms with E-state index in [1.54, 1.807) is 30.9 Å².